The van der Waals surface area contributed by atoms with E-state index in [1.807, 2.05) is 12.1 Å². The summed E-state index contributed by atoms with van der Waals surface area (Å²) in [4.78, 5) is 2.35. The van der Waals surface area contributed by atoms with Crippen LogP contribution in [0.2, 0.25) is 0 Å². The smallest absolute Gasteiger partial charge is 0.137 e. The van der Waals surface area contributed by atoms with Crippen molar-refractivity contribution in [3.05, 3.63) is 212 Å². The Bertz CT molecular complexity index is 2940. The number of nitrogens with zero attached hydrogens (tertiary/aromatic N) is 1. The molecule has 54 heavy (non-hydrogen) atoms. The van der Waals surface area contributed by atoms with Crippen LogP contribution in [0.15, 0.2) is 217 Å². The Morgan fingerprint density at radius 2 is 0.852 bits per heavy atom. The molecule has 0 saturated carbocycles. The van der Waals surface area contributed by atoms with E-state index in [4.69, 9.17) is 4.42 Å². The average Bonchev–Trinajstić information content (AvgIpc) is 3.62. The van der Waals surface area contributed by atoms with Gasteiger partial charge in [0, 0.05) is 33.8 Å². The molecular weight excluding hydrogens is 655 g/mol. The number of fused-ring (bicyclic) bond motifs is 4. The van der Waals surface area contributed by atoms with Gasteiger partial charge in [-0.1, -0.05) is 152 Å². The summed E-state index contributed by atoms with van der Waals surface area (Å²) in [7, 11) is 0. The van der Waals surface area contributed by atoms with Crippen molar-refractivity contribution in [2.45, 2.75) is 0 Å². The van der Waals surface area contributed by atoms with Crippen LogP contribution in [0.1, 0.15) is 0 Å². The lowest BCUT2D eigenvalue weighted by atomic mass is 9.96. The molecule has 9 aromatic carbocycles. The Kier molecular flexibility index (Phi) is 7.85. The van der Waals surface area contributed by atoms with E-state index in [9.17, 15) is 0 Å². The van der Waals surface area contributed by atoms with E-state index >= 15 is 0 Å². The van der Waals surface area contributed by atoms with Gasteiger partial charge in [0.05, 0.1) is 5.69 Å². The summed E-state index contributed by atoms with van der Waals surface area (Å²) in [5.74, 6) is 0. The highest BCUT2D eigenvalue weighted by molar-refractivity contribution is 6.06. The minimum absolute atomic E-state index is 0.865. The zero-order chi connectivity index (χ0) is 35.8. The Labute approximate surface area is 314 Å². The molecule has 0 aliphatic rings. The van der Waals surface area contributed by atoms with Crippen molar-refractivity contribution in [3.8, 4) is 44.5 Å². The molecule has 0 unspecified atom stereocenters. The first kappa shape index (κ1) is 31.6. The molecule has 1 aromatic heterocycles. The van der Waals surface area contributed by atoms with Crippen LogP contribution in [-0.2, 0) is 0 Å². The lowest BCUT2D eigenvalue weighted by Crippen LogP contribution is -2.11. The second-order valence-corrected chi connectivity index (χ2v) is 13.8. The van der Waals surface area contributed by atoms with Crippen molar-refractivity contribution in [1.82, 2.24) is 0 Å². The van der Waals surface area contributed by atoms with E-state index in [-0.39, 0.29) is 0 Å². The number of hydrogen-bond acceptors (Lipinski definition) is 2. The highest BCUT2D eigenvalue weighted by Crippen LogP contribution is 2.43. The maximum atomic E-state index is 6.42. The largest absolute Gasteiger partial charge is 0.456 e. The van der Waals surface area contributed by atoms with Crippen LogP contribution < -0.4 is 4.90 Å². The lowest BCUT2D eigenvalue weighted by molar-refractivity contribution is 0.669. The number of hydrogen-bond donors (Lipinski definition) is 0. The third-order valence-corrected chi connectivity index (χ3v) is 10.5. The van der Waals surface area contributed by atoms with Crippen LogP contribution in [0.25, 0.3) is 77.2 Å². The van der Waals surface area contributed by atoms with Crippen LogP contribution in [-0.4, -0.2) is 0 Å². The standard InChI is InChI=1S/C52H35NO/c1-2-12-36(13-3-1)41-17-11-19-44(34-41)47-20-6-8-22-50(47)53(46-30-31-49-48-21-7-9-23-51(48)54-52(49)35-46)45-28-26-38(27-29-45)40-16-10-18-42(32-40)43-25-24-37-14-4-5-15-39(37)33-43/h1-35H. The van der Waals surface area contributed by atoms with Crippen molar-refractivity contribution in [3.63, 3.8) is 0 Å². The van der Waals surface area contributed by atoms with Gasteiger partial charge in [0.2, 0.25) is 0 Å². The topological polar surface area (TPSA) is 16.4 Å². The maximum absolute atomic E-state index is 6.42. The molecule has 254 valence electrons. The number of para-hydroxylation sites is 2. The number of anilines is 3. The third kappa shape index (κ3) is 5.81. The van der Waals surface area contributed by atoms with Gasteiger partial charge < -0.3 is 9.32 Å². The zero-order valence-corrected chi connectivity index (χ0v) is 29.6. The molecule has 0 bridgehead atoms. The van der Waals surface area contributed by atoms with Crippen LogP contribution >= 0.6 is 0 Å². The third-order valence-electron chi connectivity index (χ3n) is 10.5. The summed E-state index contributed by atoms with van der Waals surface area (Å²) < 4.78 is 6.42. The van der Waals surface area contributed by atoms with Crippen molar-refractivity contribution < 1.29 is 4.42 Å². The minimum atomic E-state index is 0.865. The minimum Gasteiger partial charge on any atom is -0.456 e. The molecule has 0 radical (unpaired) electrons. The number of benzene rings is 9. The van der Waals surface area contributed by atoms with E-state index in [1.165, 1.54) is 38.6 Å². The normalized spacial score (nSPS) is 11.3. The fourth-order valence-electron chi connectivity index (χ4n) is 7.74. The van der Waals surface area contributed by atoms with Gasteiger partial charge in [-0.2, -0.15) is 0 Å². The number of rotatable bonds is 7. The quantitative estimate of drug-likeness (QED) is 0.166. The van der Waals surface area contributed by atoms with E-state index in [0.717, 1.165) is 55.7 Å². The van der Waals surface area contributed by atoms with Gasteiger partial charge in [-0.05, 0) is 104 Å². The summed E-state index contributed by atoms with van der Waals surface area (Å²) >= 11 is 0. The van der Waals surface area contributed by atoms with Crippen molar-refractivity contribution >= 4 is 49.8 Å². The van der Waals surface area contributed by atoms with Gasteiger partial charge in [0.25, 0.3) is 0 Å². The predicted molar refractivity (Wildman–Crippen MR) is 228 cm³/mol. The molecule has 10 aromatic rings. The Balaban J connectivity index is 1.08. The second kappa shape index (κ2) is 13.4. The van der Waals surface area contributed by atoms with E-state index < -0.39 is 0 Å². The number of furan rings is 1. The summed E-state index contributed by atoms with van der Waals surface area (Å²) in [5.41, 5.74) is 14.4. The lowest BCUT2D eigenvalue weighted by Gasteiger charge is -2.28. The molecule has 0 aliphatic heterocycles. The van der Waals surface area contributed by atoms with E-state index in [1.54, 1.807) is 0 Å². The predicted octanol–water partition coefficient (Wildman–Crippen LogP) is 14.9. The molecule has 2 heteroatoms. The first-order chi connectivity index (χ1) is 26.7. The highest BCUT2D eigenvalue weighted by atomic mass is 16.3. The molecule has 0 amide bonds. The summed E-state index contributed by atoms with van der Waals surface area (Å²) in [6.45, 7) is 0. The first-order valence-electron chi connectivity index (χ1n) is 18.4. The van der Waals surface area contributed by atoms with Gasteiger partial charge in [-0.25, -0.2) is 0 Å². The van der Waals surface area contributed by atoms with Crippen LogP contribution in [0.4, 0.5) is 17.1 Å². The summed E-state index contributed by atoms with van der Waals surface area (Å²) in [6.07, 6.45) is 0. The van der Waals surface area contributed by atoms with Gasteiger partial charge in [0.1, 0.15) is 11.2 Å². The molecule has 2 nitrogen and oxygen atoms in total. The van der Waals surface area contributed by atoms with E-state index in [2.05, 4.69) is 205 Å². The molecule has 0 spiro atoms. The second-order valence-electron chi connectivity index (χ2n) is 13.8. The van der Waals surface area contributed by atoms with Gasteiger partial charge in [-0.15, -0.1) is 0 Å². The molecule has 1 heterocycles. The van der Waals surface area contributed by atoms with Crippen molar-refractivity contribution in [2.24, 2.45) is 0 Å². The fraction of sp³-hybridized carbons (Fsp3) is 0. The molecule has 0 N–H and O–H groups in total. The summed E-state index contributed by atoms with van der Waals surface area (Å²) in [6, 6.07) is 75.9. The maximum Gasteiger partial charge on any atom is 0.137 e. The SMILES string of the molecule is c1ccc(-c2cccc(-c3ccccc3N(c3ccc(-c4cccc(-c5ccc6ccccc6c5)c4)cc3)c3ccc4c(c3)oc3ccccc34)c2)cc1. The average molecular weight is 690 g/mol. The Hall–Kier alpha value is -7.16. The van der Waals surface area contributed by atoms with Gasteiger partial charge in [-0.3, -0.25) is 0 Å². The van der Waals surface area contributed by atoms with E-state index in [0.29, 0.717) is 0 Å². The first-order valence-corrected chi connectivity index (χ1v) is 18.4. The highest BCUT2D eigenvalue weighted by Gasteiger charge is 2.19. The van der Waals surface area contributed by atoms with Crippen LogP contribution in [0.5, 0.6) is 0 Å². The monoisotopic (exact) mass is 689 g/mol. The van der Waals surface area contributed by atoms with Crippen molar-refractivity contribution in [1.29, 1.82) is 0 Å². The molecule has 0 atom stereocenters. The Morgan fingerprint density at radius 3 is 1.69 bits per heavy atom. The Morgan fingerprint density at radius 1 is 0.296 bits per heavy atom. The molecule has 0 fully saturated rings. The molecule has 0 saturated heterocycles. The summed E-state index contributed by atoms with van der Waals surface area (Å²) in [5, 5.41) is 4.74. The van der Waals surface area contributed by atoms with Gasteiger partial charge >= 0.3 is 0 Å². The van der Waals surface area contributed by atoms with Crippen molar-refractivity contribution in [2.75, 3.05) is 4.90 Å². The molecule has 0 aliphatic carbocycles. The fourth-order valence-corrected chi connectivity index (χ4v) is 7.74. The van der Waals surface area contributed by atoms with Crippen LogP contribution in [0, 0.1) is 0 Å². The molecule has 10 rings (SSSR count). The van der Waals surface area contributed by atoms with Gasteiger partial charge in [0.15, 0.2) is 0 Å². The zero-order valence-electron chi connectivity index (χ0n) is 29.6. The molecular formula is C52H35NO. The van der Waals surface area contributed by atoms with Crippen LogP contribution in [0.3, 0.4) is 0 Å².